The second kappa shape index (κ2) is 6.27. The molecule has 0 amide bonds. The van der Waals surface area contributed by atoms with Crippen LogP contribution in [0.5, 0.6) is 5.75 Å². The van der Waals surface area contributed by atoms with Gasteiger partial charge in [-0.15, -0.1) is 0 Å². The summed E-state index contributed by atoms with van der Waals surface area (Å²) in [4.78, 5) is 0. The zero-order valence-electron chi connectivity index (χ0n) is 12.1. The molecule has 1 aliphatic carbocycles. The summed E-state index contributed by atoms with van der Waals surface area (Å²) in [5, 5.41) is 3.48. The van der Waals surface area contributed by atoms with Crippen molar-refractivity contribution in [3.8, 4) is 5.75 Å². The van der Waals surface area contributed by atoms with E-state index in [1.165, 1.54) is 25.3 Å². The quantitative estimate of drug-likeness (QED) is 0.867. The van der Waals surface area contributed by atoms with E-state index in [1.807, 2.05) is 13.0 Å². The lowest BCUT2D eigenvalue weighted by molar-refractivity contribution is 0.253. The Morgan fingerprint density at radius 1 is 1.32 bits per heavy atom. The number of anilines is 1. The fraction of sp³-hybridized carbons (Fsp3) is 0.625. The molecule has 1 aromatic rings. The predicted octanol–water partition coefficient (Wildman–Crippen LogP) is 4.46. The maximum Gasteiger partial charge on any atom is 0.167 e. The Hall–Kier alpha value is -1.25. The van der Waals surface area contributed by atoms with Crippen LogP contribution >= 0.6 is 0 Å². The van der Waals surface area contributed by atoms with Crippen LogP contribution in [0.25, 0.3) is 0 Å². The molecule has 1 fully saturated rings. The van der Waals surface area contributed by atoms with Gasteiger partial charge in [-0.25, -0.2) is 4.39 Å². The van der Waals surface area contributed by atoms with E-state index in [0.29, 0.717) is 24.3 Å². The van der Waals surface area contributed by atoms with Gasteiger partial charge in [0.2, 0.25) is 0 Å². The number of nitrogens with one attached hydrogen (secondary N) is 1. The van der Waals surface area contributed by atoms with Gasteiger partial charge < -0.3 is 10.1 Å². The molecule has 1 aromatic carbocycles. The van der Waals surface area contributed by atoms with Gasteiger partial charge in [-0.05, 0) is 37.3 Å². The molecular formula is C16H24FNO. The Bertz CT molecular complexity index is 421. The van der Waals surface area contributed by atoms with Gasteiger partial charge in [0.15, 0.2) is 11.6 Å². The standard InChI is InChI=1S/C16H24FNO/c1-4-19-16-9-8-13(10-14(16)17)18-15-7-5-6-11(2)12(15)3/h8-12,15,18H,4-7H2,1-3H3. The van der Waals surface area contributed by atoms with Crippen molar-refractivity contribution >= 4 is 5.69 Å². The highest BCUT2D eigenvalue weighted by Crippen LogP contribution is 2.32. The molecular weight excluding hydrogens is 241 g/mol. The molecule has 0 radical (unpaired) electrons. The van der Waals surface area contributed by atoms with E-state index in [2.05, 4.69) is 19.2 Å². The summed E-state index contributed by atoms with van der Waals surface area (Å²) in [7, 11) is 0. The smallest absolute Gasteiger partial charge is 0.167 e. The van der Waals surface area contributed by atoms with Crippen molar-refractivity contribution in [2.24, 2.45) is 11.8 Å². The van der Waals surface area contributed by atoms with Crippen LogP contribution in [0.15, 0.2) is 18.2 Å². The van der Waals surface area contributed by atoms with Crippen LogP contribution in [0.1, 0.15) is 40.0 Å². The predicted molar refractivity (Wildman–Crippen MR) is 77.2 cm³/mol. The monoisotopic (exact) mass is 265 g/mol. The Labute approximate surface area is 115 Å². The summed E-state index contributed by atoms with van der Waals surface area (Å²) in [5.41, 5.74) is 0.854. The third kappa shape index (κ3) is 3.40. The van der Waals surface area contributed by atoms with Crippen LogP contribution in [-0.4, -0.2) is 12.6 Å². The molecule has 0 saturated heterocycles. The highest BCUT2D eigenvalue weighted by Gasteiger charge is 2.26. The van der Waals surface area contributed by atoms with Crippen LogP contribution in [0.3, 0.4) is 0 Å². The normalized spacial score (nSPS) is 27.1. The summed E-state index contributed by atoms with van der Waals surface area (Å²) in [6.07, 6.45) is 3.72. The molecule has 0 bridgehead atoms. The Balaban J connectivity index is 2.04. The summed E-state index contributed by atoms with van der Waals surface area (Å²) >= 11 is 0. The van der Waals surface area contributed by atoms with Gasteiger partial charge in [0, 0.05) is 17.8 Å². The number of benzene rings is 1. The van der Waals surface area contributed by atoms with Crippen molar-refractivity contribution in [1.82, 2.24) is 0 Å². The van der Waals surface area contributed by atoms with Crippen molar-refractivity contribution in [1.29, 1.82) is 0 Å². The fourth-order valence-electron chi connectivity index (χ4n) is 2.86. The Morgan fingerprint density at radius 3 is 2.79 bits per heavy atom. The zero-order valence-corrected chi connectivity index (χ0v) is 12.1. The van der Waals surface area contributed by atoms with E-state index in [0.717, 1.165) is 11.6 Å². The molecule has 19 heavy (non-hydrogen) atoms. The zero-order chi connectivity index (χ0) is 13.8. The minimum absolute atomic E-state index is 0.289. The van der Waals surface area contributed by atoms with E-state index >= 15 is 0 Å². The first-order chi connectivity index (χ1) is 9.11. The fourth-order valence-corrected chi connectivity index (χ4v) is 2.86. The third-order valence-corrected chi connectivity index (χ3v) is 4.29. The molecule has 0 spiro atoms. The van der Waals surface area contributed by atoms with E-state index in [9.17, 15) is 4.39 Å². The SMILES string of the molecule is CCOc1ccc(NC2CCCC(C)C2C)cc1F. The van der Waals surface area contributed by atoms with Crippen LogP contribution in [-0.2, 0) is 0 Å². The summed E-state index contributed by atoms with van der Waals surface area (Å²) in [6.45, 7) is 6.93. The van der Waals surface area contributed by atoms with Crippen molar-refractivity contribution in [3.63, 3.8) is 0 Å². The maximum absolute atomic E-state index is 13.8. The maximum atomic E-state index is 13.8. The molecule has 1 saturated carbocycles. The molecule has 3 heteroatoms. The average Bonchev–Trinajstić information content (AvgIpc) is 2.38. The van der Waals surface area contributed by atoms with Crippen molar-refractivity contribution in [2.75, 3.05) is 11.9 Å². The van der Waals surface area contributed by atoms with Gasteiger partial charge in [-0.2, -0.15) is 0 Å². The molecule has 3 unspecified atom stereocenters. The third-order valence-electron chi connectivity index (χ3n) is 4.29. The van der Waals surface area contributed by atoms with Gasteiger partial charge in [-0.3, -0.25) is 0 Å². The molecule has 0 heterocycles. The largest absolute Gasteiger partial charge is 0.491 e. The van der Waals surface area contributed by atoms with E-state index < -0.39 is 0 Å². The lowest BCUT2D eigenvalue weighted by Crippen LogP contribution is -2.35. The minimum Gasteiger partial charge on any atom is -0.491 e. The molecule has 1 N–H and O–H groups in total. The van der Waals surface area contributed by atoms with E-state index in [4.69, 9.17) is 4.74 Å². The van der Waals surface area contributed by atoms with E-state index in [1.54, 1.807) is 6.07 Å². The lowest BCUT2D eigenvalue weighted by Gasteiger charge is -2.35. The molecule has 1 aliphatic rings. The van der Waals surface area contributed by atoms with E-state index in [-0.39, 0.29) is 5.82 Å². The van der Waals surface area contributed by atoms with Gasteiger partial charge >= 0.3 is 0 Å². The first kappa shape index (κ1) is 14.2. The summed E-state index contributed by atoms with van der Waals surface area (Å²) in [6, 6.07) is 5.59. The van der Waals surface area contributed by atoms with Crippen molar-refractivity contribution in [2.45, 2.75) is 46.1 Å². The molecule has 0 aromatic heterocycles. The highest BCUT2D eigenvalue weighted by atomic mass is 19.1. The summed E-state index contributed by atoms with van der Waals surface area (Å²) < 4.78 is 19.0. The molecule has 0 aliphatic heterocycles. The number of hydrogen-bond donors (Lipinski definition) is 1. The van der Waals surface area contributed by atoms with Gasteiger partial charge in [0.1, 0.15) is 0 Å². The average molecular weight is 265 g/mol. The summed E-state index contributed by atoms with van der Waals surface area (Å²) in [5.74, 6) is 1.41. The van der Waals surface area contributed by atoms with Gasteiger partial charge in [0.25, 0.3) is 0 Å². The Morgan fingerprint density at radius 2 is 2.11 bits per heavy atom. The molecule has 3 atom stereocenters. The molecule has 2 rings (SSSR count). The van der Waals surface area contributed by atoms with Crippen molar-refractivity contribution in [3.05, 3.63) is 24.0 Å². The first-order valence-electron chi connectivity index (χ1n) is 7.30. The minimum atomic E-state index is -0.289. The molecule has 106 valence electrons. The number of ether oxygens (including phenoxy) is 1. The Kier molecular flexibility index (Phi) is 4.67. The second-order valence-corrected chi connectivity index (χ2v) is 5.60. The van der Waals surface area contributed by atoms with Gasteiger partial charge in [-0.1, -0.05) is 26.7 Å². The first-order valence-corrected chi connectivity index (χ1v) is 7.30. The van der Waals surface area contributed by atoms with Crippen LogP contribution in [0.4, 0.5) is 10.1 Å². The van der Waals surface area contributed by atoms with Crippen LogP contribution in [0.2, 0.25) is 0 Å². The number of halogens is 1. The number of rotatable bonds is 4. The molecule has 2 nitrogen and oxygen atoms in total. The van der Waals surface area contributed by atoms with Crippen molar-refractivity contribution < 1.29 is 9.13 Å². The lowest BCUT2D eigenvalue weighted by atomic mass is 9.78. The van der Waals surface area contributed by atoms with Gasteiger partial charge in [0.05, 0.1) is 6.61 Å². The van der Waals surface area contributed by atoms with Crippen LogP contribution in [0, 0.1) is 17.7 Å². The van der Waals surface area contributed by atoms with Crippen LogP contribution < -0.4 is 10.1 Å². The highest BCUT2D eigenvalue weighted by molar-refractivity contribution is 5.48. The topological polar surface area (TPSA) is 21.3 Å². The number of hydrogen-bond acceptors (Lipinski definition) is 2. The second-order valence-electron chi connectivity index (χ2n) is 5.60.